The van der Waals surface area contributed by atoms with Gasteiger partial charge in [0.15, 0.2) is 6.10 Å². The summed E-state index contributed by atoms with van der Waals surface area (Å²) in [6, 6.07) is 1.91. The van der Waals surface area contributed by atoms with Crippen LogP contribution in [0.3, 0.4) is 0 Å². The second-order valence-electron chi connectivity index (χ2n) is 2.69. The van der Waals surface area contributed by atoms with Crippen molar-refractivity contribution in [3.8, 4) is 0 Å². The molecule has 13 heavy (non-hydrogen) atoms. The number of aliphatic hydroxyl groups is 1. The minimum Gasteiger partial charge on any atom is -0.479 e. The molecule has 0 aliphatic heterocycles. The van der Waals surface area contributed by atoms with Crippen LogP contribution in [0.2, 0.25) is 0 Å². The molecular formula is C8H9BrO3S. The van der Waals surface area contributed by atoms with E-state index in [2.05, 4.69) is 15.9 Å². The van der Waals surface area contributed by atoms with Gasteiger partial charge in [-0.15, -0.1) is 11.3 Å². The molecule has 1 rings (SSSR count). The molecular weight excluding hydrogens is 256 g/mol. The molecule has 0 saturated heterocycles. The number of aliphatic hydroxyl groups excluding tert-OH is 1. The van der Waals surface area contributed by atoms with Gasteiger partial charge in [0.1, 0.15) is 0 Å². The lowest BCUT2D eigenvalue weighted by atomic mass is 10.2. The van der Waals surface area contributed by atoms with Crippen molar-refractivity contribution < 1.29 is 15.0 Å². The molecule has 0 aliphatic rings. The SMILES string of the molecule is Cc1cc(Br)c(CC(O)C(=O)O)s1. The molecule has 0 spiro atoms. The fourth-order valence-electron chi connectivity index (χ4n) is 0.934. The molecule has 0 fully saturated rings. The standard InChI is InChI=1S/C8H9BrO3S/c1-4-2-5(9)7(13-4)3-6(10)8(11)12/h2,6,10H,3H2,1H3,(H,11,12). The number of carboxylic acid groups (broad SMARTS) is 1. The summed E-state index contributed by atoms with van der Waals surface area (Å²) < 4.78 is 0.871. The Morgan fingerprint density at radius 3 is 2.77 bits per heavy atom. The van der Waals surface area contributed by atoms with E-state index < -0.39 is 12.1 Å². The normalized spacial score (nSPS) is 12.8. The summed E-state index contributed by atoms with van der Waals surface area (Å²) in [7, 11) is 0. The highest BCUT2D eigenvalue weighted by Crippen LogP contribution is 2.27. The van der Waals surface area contributed by atoms with Crippen LogP contribution in [-0.4, -0.2) is 22.3 Å². The van der Waals surface area contributed by atoms with Crippen LogP contribution in [0, 0.1) is 6.92 Å². The molecule has 5 heteroatoms. The van der Waals surface area contributed by atoms with Gasteiger partial charge in [-0.2, -0.15) is 0 Å². The Kier molecular flexibility index (Phi) is 3.47. The zero-order chi connectivity index (χ0) is 10.0. The second-order valence-corrected chi connectivity index (χ2v) is 4.88. The van der Waals surface area contributed by atoms with Crippen molar-refractivity contribution in [2.45, 2.75) is 19.4 Å². The van der Waals surface area contributed by atoms with E-state index in [4.69, 9.17) is 10.2 Å². The maximum absolute atomic E-state index is 10.4. The smallest absolute Gasteiger partial charge is 0.332 e. The first-order chi connectivity index (χ1) is 6.00. The van der Waals surface area contributed by atoms with Gasteiger partial charge in [0, 0.05) is 20.6 Å². The summed E-state index contributed by atoms with van der Waals surface area (Å²) in [6.45, 7) is 1.94. The number of hydrogen-bond acceptors (Lipinski definition) is 3. The molecule has 2 N–H and O–H groups in total. The van der Waals surface area contributed by atoms with Crippen molar-refractivity contribution in [1.82, 2.24) is 0 Å². The maximum Gasteiger partial charge on any atom is 0.332 e. The van der Waals surface area contributed by atoms with E-state index in [0.717, 1.165) is 14.2 Å². The summed E-state index contributed by atoms with van der Waals surface area (Å²) in [5.74, 6) is -1.18. The van der Waals surface area contributed by atoms with Gasteiger partial charge < -0.3 is 10.2 Å². The number of carbonyl (C=O) groups is 1. The Labute approximate surface area is 88.1 Å². The zero-order valence-corrected chi connectivity index (χ0v) is 9.35. The van der Waals surface area contributed by atoms with E-state index in [0.29, 0.717) is 0 Å². The number of hydrogen-bond donors (Lipinski definition) is 2. The number of carboxylic acids is 1. The van der Waals surface area contributed by atoms with Gasteiger partial charge in [-0.1, -0.05) is 0 Å². The Morgan fingerprint density at radius 2 is 2.38 bits per heavy atom. The fraction of sp³-hybridized carbons (Fsp3) is 0.375. The highest BCUT2D eigenvalue weighted by atomic mass is 79.9. The molecule has 1 atom stereocenters. The average molecular weight is 265 g/mol. The number of aryl methyl sites for hydroxylation is 1. The predicted molar refractivity (Wildman–Crippen MR) is 54.1 cm³/mol. The molecule has 0 amide bonds. The second kappa shape index (κ2) is 4.21. The highest BCUT2D eigenvalue weighted by molar-refractivity contribution is 9.10. The van der Waals surface area contributed by atoms with Crippen molar-refractivity contribution in [1.29, 1.82) is 0 Å². The number of halogens is 1. The van der Waals surface area contributed by atoms with Crippen LogP contribution in [0.1, 0.15) is 9.75 Å². The van der Waals surface area contributed by atoms with Gasteiger partial charge in [-0.3, -0.25) is 0 Å². The van der Waals surface area contributed by atoms with Crippen LogP contribution in [-0.2, 0) is 11.2 Å². The lowest BCUT2D eigenvalue weighted by Gasteiger charge is -2.02. The van der Waals surface area contributed by atoms with Crippen LogP contribution < -0.4 is 0 Å². The van der Waals surface area contributed by atoms with Crippen LogP contribution in [0.25, 0.3) is 0 Å². The lowest BCUT2D eigenvalue weighted by Crippen LogP contribution is -2.21. The summed E-state index contributed by atoms with van der Waals surface area (Å²) in [6.07, 6.45) is -1.15. The van der Waals surface area contributed by atoms with Crippen LogP contribution in [0.5, 0.6) is 0 Å². The van der Waals surface area contributed by atoms with E-state index >= 15 is 0 Å². The third kappa shape index (κ3) is 2.79. The third-order valence-corrected chi connectivity index (χ3v) is 3.59. The molecule has 1 aromatic rings. The van der Waals surface area contributed by atoms with E-state index in [1.54, 1.807) is 0 Å². The van der Waals surface area contributed by atoms with Gasteiger partial charge in [-0.25, -0.2) is 4.79 Å². The van der Waals surface area contributed by atoms with Gasteiger partial charge in [0.05, 0.1) is 0 Å². The van der Waals surface area contributed by atoms with E-state index in [1.807, 2.05) is 13.0 Å². The quantitative estimate of drug-likeness (QED) is 0.876. The van der Waals surface area contributed by atoms with Gasteiger partial charge in [0.2, 0.25) is 0 Å². The maximum atomic E-state index is 10.4. The van der Waals surface area contributed by atoms with Crippen molar-refractivity contribution in [2.24, 2.45) is 0 Å². The molecule has 1 aromatic heterocycles. The summed E-state index contributed by atoms with van der Waals surface area (Å²) >= 11 is 4.79. The minimum absolute atomic E-state index is 0.161. The van der Waals surface area contributed by atoms with Crippen molar-refractivity contribution >= 4 is 33.2 Å². The Hall–Kier alpha value is -0.390. The zero-order valence-electron chi connectivity index (χ0n) is 6.95. The molecule has 1 unspecified atom stereocenters. The average Bonchev–Trinajstić information content (AvgIpc) is 2.30. The predicted octanol–water partition coefficient (Wildman–Crippen LogP) is 1.81. The summed E-state index contributed by atoms with van der Waals surface area (Å²) in [5.41, 5.74) is 0. The molecule has 0 aliphatic carbocycles. The summed E-state index contributed by atoms with van der Waals surface area (Å²) in [5, 5.41) is 17.6. The molecule has 1 heterocycles. The van der Waals surface area contributed by atoms with Gasteiger partial charge >= 0.3 is 5.97 Å². The van der Waals surface area contributed by atoms with Gasteiger partial charge in [-0.05, 0) is 28.9 Å². The third-order valence-electron chi connectivity index (χ3n) is 1.54. The monoisotopic (exact) mass is 264 g/mol. The van der Waals surface area contributed by atoms with Crippen LogP contribution in [0.4, 0.5) is 0 Å². The van der Waals surface area contributed by atoms with Crippen LogP contribution in [0.15, 0.2) is 10.5 Å². The Morgan fingerprint density at radius 1 is 1.77 bits per heavy atom. The number of aliphatic carboxylic acids is 1. The first-order valence-electron chi connectivity index (χ1n) is 3.66. The van der Waals surface area contributed by atoms with Crippen molar-refractivity contribution in [2.75, 3.05) is 0 Å². The Balaban J connectivity index is 2.74. The first-order valence-corrected chi connectivity index (χ1v) is 5.27. The highest BCUT2D eigenvalue weighted by Gasteiger charge is 2.16. The van der Waals surface area contributed by atoms with E-state index in [9.17, 15) is 4.79 Å². The van der Waals surface area contributed by atoms with Crippen LogP contribution >= 0.6 is 27.3 Å². The summed E-state index contributed by atoms with van der Waals surface area (Å²) in [4.78, 5) is 12.3. The molecule has 0 saturated carbocycles. The van der Waals surface area contributed by atoms with Gasteiger partial charge in [0.25, 0.3) is 0 Å². The molecule has 0 bridgehead atoms. The lowest BCUT2D eigenvalue weighted by molar-refractivity contribution is -0.146. The molecule has 0 aromatic carbocycles. The molecule has 0 radical (unpaired) electrons. The van der Waals surface area contributed by atoms with E-state index in [-0.39, 0.29) is 6.42 Å². The fourth-order valence-corrected chi connectivity index (χ4v) is 2.80. The number of thiophene rings is 1. The molecule has 72 valence electrons. The topological polar surface area (TPSA) is 57.5 Å². The Bertz CT molecular complexity index is 321. The largest absolute Gasteiger partial charge is 0.479 e. The van der Waals surface area contributed by atoms with Crippen molar-refractivity contribution in [3.63, 3.8) is 0 Å². The molecule has 3 nitrogen and oxygen atoms in total. The minimum atomic E-state index is -1.31. The van der Waals surface area contributed by atoms with E-state index in [1.165, 1.54) is 11.3 Å². The first kappa shape index (κ1) is 10.7. The number of rotatable bonds is 3. The van der Waals surface area contributed by atoms with Crippen molar-refractivity contribution in [3.05, 3.63) is 20.3 Å².